The van der Waals surface area contributed by atoms with Gasteiger partial charge in [-0.3, -0.25) is 4.79 Å². The van der Waals surface area contributed by atoms with Crippen LogP contribution in [0.5, 0.6) is 0 Å². The van der Waals surface area contributed by atoms with Gasteiger partial charge >= 0.3 is 0 Å². The second-order valence-corrected chi connectivity index (χ2v) is 3.61. The number of carbonyl (C=O) groups is 1. The van der Waals surface area contributed by atoms with Gasteiger partial charge in [-0.05, 0) is 24.1 Å². The molecule has 4 heteroatoms. The van der Waals surface area contributed by atoms with Crippen molar-refractivity contribution >= 4 is 23.2 Å². The summed E-state index contributed by atoms with van der Waals surface area (Å²) in [7, 11) is 0. The predicted octanol–water partition coefficient (Wildman–Crippen LogP) is 1.81. The molecule has 0 fully saturated rings. The lowest BCUT2D eigenvalue weighted by Crippen LogP contribution is -2.25. The smallest absolute Gasteiger partial charge is 0.223 e. The summed E-state index contributed by atoms with van der Waals surface area (Å²) >= 11 is 5.77. The van der Waals surface area contributed by atoms with Crippen molar-refractivity contribution in [2.24, 2.45) is 0 Å². The van der Waals surface area contributed by atoms with Crippen molar-refractivity contribution in [1.82, 2.24) is 5.32 Å². The van der Waals surface area contributed by atoms with Crippen molar-refractivity contribution in [3.63, 3.8) is 0 Å². The van der Waals surface area contributed by atoms with Crippen LogP contribution in [-0.2, 0) is 11.2 Å². The van der Waals surface area contributed by atoms with Crippen molar-refractivity contribution in [2.75, 3.05) is 12.3 Å². The molecule has 1 aromatic rings. The first-order chi connectivity index (χ1) is 7.13. The minimum atomic E-state index is -0.0671. The van der Waals surface area contributed by atoms with Gasteiger partial charge in [0.05, 0.1) is 0 Å². The van der Waals surface area contributed by atoms with Crippen LogP contribution in [0.3, 0.4) is 0 Å². The second kappa shape index (κ2) is 5.61. The summed E-state index contributed by atoms with van der Waals surface area (Å²) in [5.74, 6) is -0.0671. The highest BCUT2D eigenvalue weighted by Gasteiger charge is 2.01. The number of carbonyl (C=O) groups excluding carboxylic acids is 1. The standard InChI is InChI=1S/C11H14ClN2O/c1-2-11(15)14-6-5-8-3-4-9(12)7-10(8)13/h2-4,7H,5-6,13H2,1H3,(H,14,15). The van der Waals surface area contributed by atoms with Crippen LogP contribution in [0.2, 0.25) is 5.02 Å². The zero-order valence-corrected chi connectivity index (χ0v) is 9.34. The van der Waals surface area contributed by atoms with Crippen LogP contribution in [-0.4, -0.2) is 12.5 Å². The summed E-state index contributed by atoms with van der Waals surface area (Å²) in [5, 5.41) is 3.37. The molecule has 3 N–H and O–H groups in total. The molecule has 0 aliphatic rings. The summed E-state index contributed by atoms with van der Waals surface area (Å²) in [4.78, 5) is 10.9. The number of anilines is 1. The molecule has 0 aromatic heterocycles. The number of hydrogen-bond acceptors (Lipinski definition) is 2. The monoisotopic (exact) mass is 225 g/mol. The Labute approximate surface area is 94.6 Å². The van der Waals surface area contributed by atoms with Crippen molar-refractivity contribution in [3.8, 4) is 0 Å². The Morgan fingerprint density at radius 2 is 2.33 bits per heavy atom. The van der Waals surface area contributed by atoms with Gasteiger partial charge in [0.25, 0.3) is 0 Å². The molecular weight excluding hydrogens is 212 g/mol. The van der Waals surface area contributed by atoms with E-state index in [9.17, 15) is 4.79 Å². The minimum Gasteiger partial charge on any atom is -0.398 e. The average Bonchev–Trinajstić information content (AvgIpc) is 2.21. The quantitative estimate of drug-likeness (QED) is 0.768. The molecule has 0 atom stereocenters. The highest BCUT2D eigenvalue weighted by molar-refractivity contribution is 6.30. The van der Waals surface area contributed by atoms with E-state index in [1.807, 2.05) is 6.07 Å². The topological polar surface area (TPSA) is 55.1 Å². The van der Waals surface area contributed by atoms with E-state index >= 15 is 0 Å². The fourth-order valence-electron chi connectivity index (χ4n) is 1.22. The zero-order chi connectivity index (χ0) is 11.3. The molecule has 81 valence electrons. The minimum absolute atomic E-state index is 0.0671. The fourth-order valence-corrected chi connectivity index (χ4v) is 1.40. The number of nitrogens with one attached hydrogen (secondary N) is 1. The average molecular weight is 226 g/mol. The van der Waals surface area contributed by atoms with Gasteiger partial charge in [0, 0.05) is 23.7 Å². The van der Waals surface area contributed by atoms with Crippen LogP contribution in [0, 0.1) is 6.42 Å². The number of amides is 1. The van der Waals surface area contributed by atoms with Crippen LogP contribution >= 0.6 is 11.6 Å². The number of halogens is 1. The van der Waals surface area contributed by atoms with Crippen LogP contribution < -0.4 is 11.1 Å². The first-order valence-electron chi connectivity index (χ1n) is 4.74. The molecule has 15 heavy (non-hydrogen) atoms. The molecule has 3 nitrogen and oxygen atoms in total. The largest absolute Gasteiger partial charge is 0.398 e. The van der Waals surface area contributed by atoms with Gasteiger partial charge in [-0.15, -0.1) is 0 Å². The molecule has 0 aliphatic heterocycles. The van der Waals surface area contributed by atoms with E-state index in [-0.39, 0.29) is 5.91 Å². The van der Waals surface area contributed by atoms with Crippen molar-refractivity contribution in [3.05, 3.63) is 35.2 Å². The van der Waals surface area contributed by atoms with Crippen molar-refractivity contribution < 1.29 is 4.79 Å². The lowest BCUT2D eigenvalue weighted by molar-refractivity contribution is -0.117. The summed E-state index contributed by atoms with van der Waals surface area (Å²) in [5.41, 5.74) is 7.43. The number of benzene rings is 1. The Hall–Kier alpha value is -1.22. The molecule has 0 spiro atoms. The lowest BCUT2D eigenvalue weighted by atomic mass is 10.1. The van der Waals surface area contributed by atoms with E-state index in [4.69, 9.17) is 17.3 Å². The molecule has 0 saturated heterocycles. The summed E-state index contributed by atoms with van der Waals surface area (Å²) in [6.45, 7) is 2.28. The Balaban J connectivity index is 2.47. The molecule has 0 saturated carbocycles. The predicted molar refractivity (Wildman–Crippen MR) is 62.6 cm³/mol. The Morgan fingerprint density at radius 3 is 2.93 bits per heavy atom. The van der Waals surface area contributed by atoms with Crippen LogP contribution in [0.1, 0.15) is 12.5 Å². The number of hydrogen-bond donors (Lipinski definition) is 2. The number of rotatable bonds is 4. The third-order valence-corrected chi connectivity index (χ3v) is 2.30. The van der Waals surface area contributed by atoms with Gasteiger partial charge in [0.15, 0.2) is 0 Å². The highest BCUT2D eigenvalue weighted by Crippen LogP contribution is 2.17. The zero-order valence-electron chi connectivity index (χ0n) is 8.59. The van der Waals surface area contributed by atoms with Gasteiger partial charge < -0.3 is 11.1 Å². The van der Waals surface area contributed by atoms with Crippen molar-refractivity contribution in [2.45, 2.75) is 13.3 Å². The summed E-state index contributed by atoms with van der Waals surface area (Å²) in [6.07, 6.45) is 2.20. The maximum Gasteiger partial charge on any atom is 0.223 e. The Morgan fingerprint density at radius 1 is 1.60 bits per heavy atom. The van der Waals surface area contributed by atoms with E-state index in [1.54, 1.807) is 19.1 Å². The summed E-state index contributed by atoms with van der Waals surface area (Å²) < 4.78 is 0. The second-order valence-electron chi connectivity index (χ2n) is 3.17. The van der Waals surface area contributed by atoms with E-state index in [0.29, 0.717) is 23.7 Å². The van der Waals surface area contributed by atoms with E-state index < -0.39 is 0 Å². The van der Waals surface area contributed by atoms with Crippen LogP contribution in [0.4, 0.5) is 5.69 Å². The maximum absolute atomic E-state index is 10.9. The normalized spacial score (nSPS) is 10.0. The molecule has 0 heterocycles. The molecular formula is C11H14ClN2O. The Bertz CT molecular complexity index is 352. The first kappa shape index (κ1) is 11.9. The maximum atomic E-state index is 10.9. The van der Waals surface area contributed by atoms with Gasteiger partial charge in [-0.25, -0.2) is 0 Å². The van der Waals surface area contributed by atoms with Gasteiger partial charge in [-0.1, -0.05) is 24.6 Å². The Kier molecular flexibility index (Phi) is 4.43. The number of nitrogens with two attached hydrogens (primary N) is 1. The SMILES string of the molecule is C[CH]C(=O)NCCc1ccc(Cl)cc1N. The molecule has 1 amide bonds. The molecule has 1 radical (unpaired) electrons. The van der Waals surface area contributed by atoms with E-state index in [2.05, 4.69) is 5.32 Å². The van der Waals surface area contributed by atoms with Crippen LogP contribution in [0.25, 0.3) is 0 Å². The molecule has 1 aromatic carbocycles. The number of nitrogen functional groups attached to an aromatic ring is 1. The molecule has 0 bridgehead atoms. The highest BCUT2D eigenvalue weighted by atomic mass is 35.5. The molecule has 0 unspecified atom stereocenters. The van der Waals surface area contributed by atoms with Gasteiger partial charge in [0.2, 0.25) is 5.91 Å². The van der Waals surface area contributed by atoms with E-state index in [0.717, 1.165) is 5.56 Å². The third-order valence-electron chi connectivity index (χ3n) is 2.06. The third kappa shape index (κ3) is 3.80. The molecule has 0 aliphatic carbocycles. The van der Waals surface area contributed by atoms with E-state index in [1.165, 1.54) is 6.42 Å². The van der Waals surface area contributed by atoms with Crippen molar-refractivity contribution in [1.29, 1.82) is 0 Å². The fraction of sp³-hybridized carbons (Fsp3) is 0.273. The van der Waals surface area contributed by atoms with Crippen LogP contribution in [0.15, 0.2) is 18.2 Å². The lowest BCUT2D eigenvalue weighted by Gasteiger charge is -2.06. The molecule has 1 rings (SSSR count). The van der Waals surface area contributed by atoms with Gasteiger partial charge in [-0.2, -0.15) is 0 Å². The first-order valence-corrected chi connectivity index (χ1v) is 5.12. The summed E-state index contributed by atoms with van der Waals surface area (Å²) in [6, 6.07) is 5.38. The van der Waals surface area contributed by atoms with Gasteiger partial charge in [0.1, 0.15) is 0 Å².